The first-order valence-electron chi connectivity index (χ1n) is 10.0. The molecular weight excluding hydrogens is 354 g/mol. The smallest absolute Gasteiger partial charge is 0.116 e. The number of hydrogen-bond acceptors (Lipinski definition) is 2. The first-order valence-corrected chi connectivity index (χ1v) is 10.0. The maximum Gasteiger partial charge on any atom is 0.116 e. The number of aromatic hydroxyl groups is 1. The minimum atomic E-state index is 0.302. The molecule has 0 saturated heterocycles. The molecule has 0 fully saturated rings. The molecule has 29 heavy (non-hydrogen) atoms. The Bertz CT molecular complexity index is 1060. The van der Waals surface area contributed by atoms with Crippen LogP contribution in [0.4, 0.5) is 17.1 Å². The average Bonchev–Trinajstić information content (AvgIpc) is 2.76. The van der Waals surface area contributed by atoms with Gasteiger partial charge in [-0.2, -0.15) is 0 Å². The van der Waals surface area contributed by atoms with E-state index in [0.717, 1.165) is 34.6 Å². The van der Waals surface area contributed by atoms with Crippen LogP contribution in [0.15, 0.2) is 97.1 Å². The molecule has 0 spiro atoms. The largest absolute Gasteiger partial charge is 0.508 e. The molecule has 0 aliphatic heterocycles. The van der Waals surface area contributed by atoms with Gasteiger partial charge in [0.25, 0.3) is 0 Å². The maximum absolute atomic E-state index is 10.0. The third-order valence-electron chi connectivity index (χ3n) is 5.26. The quantitative estimate of drug-likeness (QED) is 0.390. The van der Waals surface area contributed by atoms with Crippen LogP contribution in [0, 0.1) is 6.92 Å². The van der Waals surface area contributed by atoms with Gasteiger partial charge < -0.3 is 10.0 Å². The fourth-order valence-electron chi connectivity index (χ4n) is 3.81. The molecule has 2 nitrogen and oxygen atoms in total. The van der Waals surface area contributed by atoms with Gasteiger partial charge in [0.15, 0.2) is 0 Å². The van der Waals surface area contributed by atoms with E-state index < -0.39 is 0 Å². The Balaban J connectivity index is 1.83. The van der Waals surface area contributed by atoms with Crippen molar-refractivity contribution in [2.45, 2.75) is 20.3 Å². The second kappa shape index (κ2) is 8.24. The van der Waals surface area contributed by atoms with E-state index >= 15 is 0 Å². The van der Waals surface area contributed by atoms with Gasteiger partial charge in [0.1, 0.15) is 5.75 Å². The molecule has 0 unspecified atom stereocenters. The summed E-state index contributed by atoms with van der Waals surface area (Å²) in [5.74, 6) is 0.302. The van der Waals surface area contributed by atoms with Crippen molar-refractivity contribution in [2.75, 3.05) is 4.90 Å². The zero-order valence-electron chi connectivity index (χ0n) is 16.8. The van der Waals surface area contributed by atoms with E-state index in [2.05, 4.69) is 85.5 Å². The summed E-state index contributed by atoms with van der Waals surface area (Å²) in [7, 11) is 0. The Labute approximate surface area is 172 Å². The van der Waals surface area contributed by atoms with Crippen molar-refractivity contribution in [3.63, 3.8) is 0 Å². The molecule has 0 saturated carbocycles. The number of aryl methyl sites for hydroxylation is 2. The number of benzene rings is 4. The minimum Gasteiger partial charge on any atom is -0.508 e. The maximum atomic E-state index is 10.0. The topological polar surface area (TPSA) is 23.5 Å². The van der Waals surface area contributed by atoms with Gasteiger partial charge in [0, 0.05) is 17.1 Å². The van der Waals surface area contributed by atoms with E-state index in [1.54, 1.807) is 6.07 Å². The van der Waals surface area contributed by atoms with Crippen LogP contribution >= 0.6 is 0 Å². The number of anilines is 3. The molecule has 0 aromatic heterocycles. The van der Waals surface area contributed by atoms with Crippen molar-refractivity contribution in [1.29, 1.82) is 0 Å². The second-order valence-electron chi connectivity index (χ2n) is 7.20. The van der Waals surface area contributed by atoms with E-state index in [-0.39, 0.29) is 0 Å². The second-order valence-corrected chi connectivity index (χ2v) is 7.20. The first-order chi connectivity index (χ1) is 14.2. The lowest BCUT2D eigenvalue weighted by Crippen LogP contribution is -2.10. The molecule has 4 rings (SSSR count). The Morgan fingerprint density at radius 2 is 1.28 bits per heavy atom. The van der Waals surface area contributed by atoms with Crippen LogP contribution in [-0.2, 0) is 6.42 Å². The Morgan fingerprint density at radius 3 is 1.83 bits per heavy atom. The van der Waals surface area contributed by atoms with Gasteiger partial charge in [0.2, 0.25) is 0 Å². The summed E-state index contributed by atoms with van der Waals surface area (Å²) in [6.07, 6.45) is 0.928. The summed E-state index contributed by atoms with van der Waals surface area (Å²) in [6.45, 7) is 4.28. The summed E-state index contributed by atoms with van der Waals surface area (Å²) >= 11 is 0. The van der Waals surface area contributed by atoms with Gasteiger partial charge in [-0.15, -0.1) is 0 Å². The average molecular weight is 380 g/mol. The molecule has 1 N–H and O–H groups in total. The number of para-hydroxylation sites is 2. The monoisotopic (exact) mass is 379 g/mol. The van der Waals surface area contributed by atoms with Crippen LogP contribution in [-0.4, -0.2) is 5.11 Å². The summed E-state index contributed by atoms with van der Waals surface area (Å²) in [5.41, 5.74) is 8.03. The van der Waals surface area contributed by atoms with Crippen LogP contribution in [0.1, 0.15) is 18.1 Å². The number of rotatable bonds is 5. The fraction of sp³-hybridized carbons (Fsp3) is 0.111. The van der Waals surface area contributed by atoms with E-state index in [9.17, 15) is 5.11 Å². The summed E-state index contributed by atoms with van der Waals surface area (Å²) in [6, 6.07) is 33.0. The van der Waals surface area contributed by atoms with Crippen molar-refractivity contribution in [1.82, 2.24) is 0 Å². The van der Waals surface area contributed by atoms with Gasteiger partial charge in [0.05, 0.1) is 0 Å². The summed E-state index contributed by atoms with van der Waals surface area (Å²) in [4.78, 5) is 2.26. The molecule has 0 amide bonds. The minimum absolute atomic E-state index is 0.302. The van der Waals surface area contributed by atoms with Crippen LogP contribution in [0.5, 0.6) is 5.75 Å². The highest BCUT2D eigenvalue weighted by Crippen LogP contribution is 2.38. The zero-order valence-corrected chi connectivity index (χ0v) is 16.8. The van der Waals surface area contributed by atoms with Crippen molar-refractivity contribution in [2.24, 2.45) is 0 Å². The van der Waals surface area contributed by atoms with Gasteiger partial charge >= 0.3 is 0 Å². The lowest BCUT2D eigenvalue weighted by Gasteiger charge is -2.26. The van der Waals surface area contributed by atoms with Gasteiger partial charge in [-0.25, -0.2) is 0 Å². The van der Waals surface area contributed by atoms with E-state index in [4.69, 9.17) is 0 Å². The van der Waals surface area contributed by atoms with Crippen molar-refractivity contribution in [3.05, 3.63) is 108 Å². The highest BCUT2D eigenvalue weighted by molar-refractivity contribution is 5.80. The summed E-state index contributed by atoms with van der Waals surface area (Å²) < 4.78 is 0. The Kier molecular flexibility index (Phi) is 5.35. The molecule has 0 aliphatic rings. The number of phenols is 1. The van der Waals surface area contributed by atoms with Crippen molar-refractivity contribution >= 4 is 17.1 Å². The molecule has 4 aromatic rings. The molecule has 144 valence electrons. The number of hydrogen-bond donors (Lipinski definition) is 1. The van der Waals surface area contributed by atoms with Gasteiger partial charge in [-0.05, 0) is 84.1 Å². The van der Waals surface area contributed by atoms with E-state index in [0.29, 0.717) is 5.75 Å². The Hall–Kier alpha value is -3.52. The van der Waals surface area contributed by atoms with Crippen LogP contribution in [0.25, 0.3) is 11.1 Å². The number of nitrogens with zero attached hydrogens (tertiary/aromatic N) is 1. The van der Waals surface area contributed by atoms with Crippen LogP contribution in [0.3, 0.4) is 0 Å². The molecule has 2 heteroatoms. The van der Waals surface area contributed by atoms with Crippen LogP contribution < -0.4 is 4.90 Å². The molecule has 0 heterocycles. The molecule has 0 bridgehead atoms. The lowest BCUT2D eigenvalue weighted by atomic mass is 9.94. The first kappa shape index (κ1) is 18.8. The molecule has 4 aromatic carbocycles. The van der Waals surface area contributed by atoms with Gasteiger partial charge in [-0.1, -0.05) is 55.5 Å². The fourth-order valence-corrected chi connectivity index (χ4v) is 3.81. The normalized spacial score (nSPS) is 10.7. The predicted octanol–water partition coefficient (Wildman–Crippen LogP) is 7.40. The third-order valence-corrected chi connectivity index (χ3v) is 5.26. The SMILES string of the molecule is CCc1ccc(O)cc1-c1ccc(N(c2ccccc2)c2ccccc2)cc1C. The third kappa shape index (κ3) is 3.88. The summed E-state index contributed by atoms with van der Waals surface area (Å²) in [5, 5.41) is 10.0. The molecule has 0 atom stereocenters. The van der Waals surface area contributed by atoms with Gasteiger partial charge in [-0.3, -0.25) is 0 Å². The van der Waals surface area contributed by atoms with Crippen molar-refractivity contribution in [3.8, 4) is 16.9 Å². The lowest BCUT2D eigenvalue weighted by molar-refractivity contribution is 0.475. The highest BCUT2D eigenvalue weighted by Gasteiger charge is 2.14. The zero-order chi connectivity index (χ0) is 20.2. The predicted molar refractivity (Wildman–Crippen MR) is 122 cm³/mol. The Morgan fingerprint density at radius 1 is 0.655 bits per heavy atom. The van der Waals surface area contributed by atoms with Crippen molar-refractivity contribution < 1.29 is 5.11 Å². The van der Waals surface area contributed by atoms with E-state index in [1.165, 1.54) is 11.1 Å². The molecular formula is C27H25NO. The van der Waals surface area contributed by atoms with E-state index in [1.807, 2.05) is 24.3 Å². The molecule has 0 aliphatic carbocycles. The number of phenolic OH excluding ortho intramolecular Hbond substituents is 1. The molecule has 0 radical (unpaired) electrons. The van der Waals surface area contributed by atoms with Crippen LogP contribution in [0.2, 0.25) is 0 Å². The highest BCUT2D eigenvalue weighted by atomic mass is 16.3. The standard InChI is InChI=1S/C27H25NO/c1-3-21-14-16-25(29)19-27(21)26-17-15-24(18-20(26)2)28(22-10-6-4-7-11-22)23-12-8-5-9-13-23/h4-19,29H,3H2,1-2H3.